The molecule has 0 radical (unpaired) electrons. The third kappa shape index (κ3) is 47.1. The van der Waals surface area contributed by atoms with Crippen molar-refractivity contribution in [1.29, 1.82) is 0 Å². The lowest BCUT2D eigenvalue weighted by atomic mass is 9.99. The number of aliphatic hydroxyl groups is 5. The molecule has 0 spiro atoms. The highest BCUT2D eigenvalue weighted by Gasteiger charge is 2.44. The first-order valence-corrected chi connectivity index (χ1v) is 32.8. The summed E-state index contributed by atoms with van der Waals surface area (Å²) >= 11 is 0. The highest BCUT2D eigenvalue weighted by molar-refractivity contribution is 5.76. The average molecular weight is 1120 g/mol. The fourth-order valence-electron chi connectivity index (χ4n) is 9.68. The lowest BCUT2D eigenvalue weighted by Gasteiger charge is -2.40. The van der Waals surface area contributed by atoms with Crippen LogP contribution in [0.5, 0.6) is 0 Å². The summed E-state index contributed by atoms with van der Waals surface area (Å²) in [6, 6.07) is -0.812. The molecule has 1 saturated heterocycles. The third-order valence-electron chi connectivity index (χ3n) is 14.8. The Kier molecular flexibility index (Phi) is 54.8. The summed E-state index contributed by atoms with van der Waals surface area (Å²) in [6.07, 6.45) is 81.4. The molecule has 1 aliphatic rings. The minimum atomic E-state index is -1.57. The average Bonchev–Trinajstić information content (AvgIpc) is 3.46. The van der Waals surface area contributed by atoms with Gasteiger partial charge in [-0.1, -0.05) is 289 Å². The zero-order chi connectivity index (χ0) is 57.9. The van der Waals surface area contributed by atoms with Crippen LogP contribution in [0, 0.1) is 0 Å². The summed E-state index contributed by atoms with van der Waals surface area (Å²) in [5.74, 6) is -0.181. The van der Waals surface area contributed by atoms with Crippen molar-refractivity contribution in [3.05, 3.63) is 122 Å². The second-order valence-electron chi connectivity index (χ2n) is 22.2. The molecule has 1 heterocycles. The molecule has 9 nitrogen and oxygen atoms in total. The minimum absolute atomic E-state index is 0.181. The summed E-state index contributed by atoms with van der Waals surface area (Å²) in [4.78, 5) is 13.1. The monoisotopic (exact) mass is 1120 g/mol. The Hall–Kier alpha value is -3.41. The highest BCUT2D eigenvalue weighted by atomic mass is 16.7. The number of unbranched alkanes of at least 4 members (excludes halogenated alkanes) is 27. The van der Waals surface area contributed by atoms with E-state index in [0.717, 1.165) is 96.3 Å². The molecule has 0 aliphatic carbocycles. The van der Waals surface area contributed by atoms with Gasteiger partial charge in [0.05, 0.1) is 25.4 Å². The zero-order valence-electron chi connectivity index (χ0n) is 51.0. The van der Waals surface area contributed by atoms with Crippen LogP contribution in [0.4, 0.5) is 0 Å². The van der Waals surface area contributed by atoms with Crippen LogP contribution in [-0.4, -0.2) is 87.5 Å². The maximum absolute atomic E-state index is 13.1. The van der Waals surface area contributed by atoms with Crippen LogP contribution in [0.3, 0.4) is 0 Å². The lowest BCUT2D eigenvalue weighted by Crippen LogP contribution is -2.60. The van der Waals surface area contributed by atoms with Crippen molar-refractivity contribution in [2.24, 2.45) is 0 Å². The minimum Gasteiger partial charge on any atom is -0.394 e. The van der Waals surface area contributed by atoms with Crippen molar-refractivity contribution in [2.45, 2.75) is 307 Å². The lowest BCUT2D eigenvalue weighted by molar-refractivity contribution is -0.302. The van der Waals surface area contributed by atoms with E-state index in [1.165, 1.54) is 148 Å². The van der Waals surface area contributed by atoms with Crippen LogP contribution in [0.2, 0.25) is 0 Å². The number of nitrogens with one attached hydrogen (secondary N) is 1. The van der Waals surface area contributed by atoms with Gasteiger partial charge in [-0.25, -0.2) is 0 Å². The molecular weight excluding hydrogens is 995 g/mol. The van der Waals surface area contributed by atoms with E-state index in [9.17, 15) is 30.3 Å². The molecule has 0 aromatic carbocycles. The van der Waals surface area contributed by atoms with Gasteiger partial charge in [0.2, 0.25) is 5.91 Å². The van der Waals surface area contributed by atoms with Crippen molar-refractivity contribution in [1.82, 2.24) is 5.32 Å². The first-order valence-electron chi connectivity index (χ1n) is 32.8. The molecule has 0 aromatic heterocycles. The maximum atomic E-state index is 13.1. The van der Waals surface area contributed by atoms with Gasteiger partial charge in [-0.15, -0.1) is 0 Å². The maximum Gasteiger partial charge on any atom is 0.220 e. The Balaban J connectivity index is 2.12. The molecule has 6 N–H and O–H groups in total. The van der Waals surface area contributed by atoms with E-state index in [2.05, 4.69) is 129 Å². The van der Waals surface area contributed by atoms with E-state index in [-0.39, 0.29) is 12.5 Å². The molecule has 7 atom stereocenters. The Morgan fingerprint density at radius 2 is 0.775 bits per heavy atom. The molecule has 1 amide bonds. The number of carbonyl (C=O) groups excluding carboxylic acids is 1. The molecule has 1 rings (SSSR count). The molecular formula is C71H121NO8. The Labute approximate surface area is 490 Å². The van der Waals surface area contributed by atoms with Crippen LogP contribution in [0.25, 0.3) is 0 Å². The predicted octanol–water partition coefficient (Wildman–Crippen LogP) is 17.5. The van der Waals surface area contributed by atoms with Gasteiger partial charge in [-0.3, -0.25) is 4.79 Å². The quantitative estimate of drug-likeness (QED) is 0.0261. The number of carbonyl (C=O) groups is 1. The molecule has 0 saturated carbocycles. The Morgan fingerprint density at radius 1 is 0.438 bits per heavy atom. The predicted molar refractivity (Wildman–Crippen MR) is 340 cm³/mol. The van der Waals surface area contributed by atoms with Gasteiger partial charge in [0, 0.05) is 6.42 Å². The van der Waals surface area contributed by atoms with Gasteiger partial charge in [-0.2, -0.15) is 0 Å². The Morgan fingerprint density at radius 3 is 1.15 bits per heavy atom. The van der Waals surface area contributed by atoms with E-state index in [4.69, 9.17) is 9.47 Å². The van der Waals surface area contributed by atoms with Gasteiger partial charge in [0.1, 0.15) is 24.4 Å². The van der Waals surface area contributed by atoms with E-state index >= 15 is 0 Å². The van der Waals surface area contributed by atoms with Gasteiger partial charge < -0.3 is 40.3 Å². The molecule has 1 fully saturated rings. The van der Waals surface area contributed by atoms with E-state index < -0.39 is 49.5 Å². The van der Waals surface area contributed by atoms with Crippen LogP contribution >= 0.6 is 0 Å². The standard InChI is InChI=1S/C71H121NO8/c1-3-5-7-9-11-13-15-17-19-21-22-23-24-25-26-27-28-29-30-31-32-33-34-35-36-37-38-39-40-41-42-43-44-45-47-49-51-53-55-57-59-61-67(75)72-64(63-79-71-70(78)69(77)68(76)66(62-73)80-71)65(74)60-58-56-54-52-50-48-46-20-18-16-14-12-10-8-6-4-2/h5,7,11,13,17,19,22-23,25-26,28-29,31-32,34-35,37-38,58,60,64-66,68-71,73-74,76-78H,3-4,6,8-10,12,14-16,18,20-21,24,27,30,33,36,39-57,59,61-63H2,1-2H3,(H,72,75)/b7-5-,13-11-,19-17-,23-22-,26-25-,29-28-,32-31-,35-34-,38-37-,60-58+. The fraction of sp³-hybridized carbons (Fsp3) is 0.704. The molecule has 7 unspecified atom stereocenters. The van der Waals surface area contributed by atoms with E-state index in [1.807, 2.05) is 6.08 Å². The fourth-order valence-corrected chi connectivity index (χ4v) is 9.68. The zero-order valence-corrected chi connectivity index (χ0v) is 51.0. The summed E-state index contributed by atoms with van der Waals surface area (Å²) < 4.78 is 11.3. The van der Waals surface area contributed by atoms with Gasteiger partial charge in [0.25, 0.3) is 0 Å². The van der Waals surface area contributed by atoms with Crippen molar-refractivity contribution < 1.29 is 39.8 Å². The summed E-state index contributed by atoms with van der Waals surface area (Å²) in [5, 5.41) is 54.6. The third-order valence-corrected chi connectivity index (χ3v) is 14.8. The Bertz CT molecular complexity index is 1670. The van der Waals surface area contributed by atoms with Crippen molar-refractivity contribution in [2.75, 3.05) is 13.2 Å². The van der Waals surface area contributed by atoms with Crippen molar-refractivity contribution in [3.63, 3.8) is 0 Å². The van der Waals surface area contributed by atoms with Crippen molar-refractivity contribution in [3.8, 4) is 0 Å². The first-order chi connectivity index (χ1) is 39.3. The topological polar surface area (TPSA) is 149 Å². The van der Waals surface area contributed by atoms with Crippen LogP contribution in [0.1, 0.15) is 264 Å². The SMILES string of the molecule is CC/C=C\C/C=C\C/C=C\C/C=C\C/C=C\C/C=C\C/C=C\C/C=C\C/C=C\CCCCCCCCCCCCCCCC(=O)NC(COC1OC(CO)C(O)C(O)C1O)C(O)/C=C/CCCCCCCCCCCCCCCC. The number of aliphatic hydroxyl groups excluding tert-OH is 5. The molecule has 0 aromatic rings. The number of hydrogen-bond donors (Lipinski definition) is 6. The van der Waals surface area contributed by atoms with Gasteiger partial charge >= 0.3 is 0 Å². The molecule has 80 heavy (non-hydrogen) atoms. The normalized spacial score (nSPS) is 19.3. The molecule has 9 heteroatoms. The smallest absolute Gasteiger partial charge is 0.220 e. The number of hydrogen-bond acceptors (Lipinski definition) is 8. The van der Waals surface area contributed by atoms with E-state index in [0.29, 0.717) is 6.42 Å². The largest absolute Gasteiger partial charge is 0.394 e. The summed E-state index contributed by atoms with van der Waals surface area (Å²) in [5.41, 5.74) is 0. The number of rotatable bonds is 55. The summed E-state index contributed by atoms with van der Waals surface area (Å²) in [6.45, 7) is 3.67. The second-order valence-corrected chi connectivity index (χ2v) is 22.2. The second kappa shape index (κ2) is 58.8. The van der Waals surface area contributed by atoms with Crippen LogP contribution < -0.4 is 5.32 Å². The van der Waals surface area contributed by atoms with Crippen LogP contribution in [-0.2, 0) is 14.3 Å². The summed E-state index contributed by atoms with van der Waals surface area (Å²) in [7, 11) is 0. The highest BCUT2D eigenvalue weighted by Crippen LogP contribution is 2.23. The van der Waals surface area contributed by atoms with Gasteiger partial charge in [-0.05, 0) is 89.9 Å². The van der Waals surface area contributed by atoms with Crippen LogP contribution in [0.15, 0.2) is 122 Å². The van der Waals surface area contributed by atoms with E-state index in [1.54, 1.807) is 6.08 Å². The number of amides is 1. The number of ether oxygens (including phenoxy) is 2. The van der Waals surface area contributed by atoms with Crippen molar-refractivity contribution >= 4 is 5.91 Å². The molecule has 458 valence electrons. The number of allylic oxidation sites excluding steroid dienone is 19. The van der Waals surface area contributed by atoms with Gasteiger partial charge in [0.15, 0.2) is 6.29 Å². The first kappa shape index (κ1) is 74.6. The molecule has 0 bridgehead atoms. The molecule has 1 aliphatic heterocycles.